The highest BCUT2D eigenvalue weighted by atomic mass is 32.2. The molecule has 7 nitrogen and oxygen atoms in total. The minimum Gasteiger partial charge on any atom is -0.326 e. The lowest BCUT2D eigenvalue weighted by Gasteiger charge is -2.10. The minimum absolute atomic E-state index is 0.00486. The predicted molar refractivity (Wildman–Crippen MR) is 108 cm³/mol. The molecule has 0 aliphatic carbocycles. The molecule has 0 spiro atoms. The van der Waals surface area contributed by atoms with E-state index >= 15 is 0 Å². The van der Waals surface area contributed by atoms with Crippen molar-refractivity contribution in [1.29, 1.82) is 0 Å². The number of anilines is 2. The Morgan fingerprint density at radius 1 is 0.857 bits per heavy atom. The summed E-state index contributed by atoms with van der Waals surface area (Å²) in [6.45, 7) is 3.60. The van der Waals surface area contributed by atoms with E-state index in [0.29, 0.717) is 17.1 Å². The third-order valence-corrected chi connectivity index (χ3v) is 5.42. The Balaban J connectivity index is 1.72. The van der Waals surface area contributed by atoms with Crippen molar-refractivity contribution in [2.75, 3.05) is 10.0 Å². The van der Waals surface area contributed by atoms with E-state index in [4.69, 9.17) is 0 Å². The average Bonchev–Trinajstić information content (AvgIpc) is 2.63. The molecule has 8 heteroatoms. The fraction of sp³-hybridized carbons (Fsp3) is 0.100. The van der Waals surface area contributed by atoms with Crippen LogP contribution in [-0.4, -0.2) is 19.3 Å². The van der Waals surface area contributed by atoms with Crippen LogP contribution in [0.4, 0.5) is 11.4 Å². The normalized spacial score (nSPS) is 11.1. The van der Waals surface area contributed by atoms with Gasteiger partial charge in [0.15, 0.2) is 0 Å². The Kier molecular flexibility index (Phi) is 5.32. The highest BCUT2D eigenvalue weighted by molar-refractivity contribution is 7.92. The minimum atomic E-state index is -3.70. The van der Waals surface area contributed by atoms with Gasteiger partial charge in [0.25, 0.3) is 21.5 Å². The molecule has 0 fully saturated rings. The van der Waals surface area contributed by atoms with Crippen molar-refractivity contribution in [3.8, 4) is 0 Å². The molecule has 3 N–H and O–H groups in total. The van der Waals surface area contributed by atoms with Crippen LogP contribution in [-0.2, 0) is 10.0 Å². The van der Waals surface area contributed by atoms with Crippen LogP contribution in [0.3, 0.4) is 0 Å². The zero-order valence-electron chi connectivity index (χ0n) is 15.3. The molecule has 1 heterocycles. The number of aromatic nitrogens is 1. The summed E-state index contributed by atoms with van der Waals surface area (Å²) >= 11 is 0. The van der Waals surface area contributed by atoms with Gasteiger partial charge in [-0.1, -0.05) is 17.7 Å². The molecule has 0 aliphatic heterocycles. The molecule has 1 amide bonds. The van der Waals surface area contributed by atoms with Gasteiger partial charge in [-0.05, 0) is 62.4 Å². The Hall–Kier alpha value is -3.39. The van der Waals surface area contributed by atoms with Gasteiger partial charge in [-0.2, -0.15) is 0 Å². The first-order valence-corrected chi connectivity index (χ1v) is 9.94. The first-order chi connectivity index (χ1) is 13.2. The maximum atomic E-state index is 12.4. The van der Waals surface area contributed by atoms with Crippen molar-refractivity contribution in [3.05, 3.63) is 87.8 Å². The van der Waals surface area contributed by atoms with E-state index in [-0.39, 0.29) is 10.5 Å². The van der Waals surface area contributed by atoms with Gasteiger partial charge in [0.05, 0.1) is 4.90 Å². The second kappa shape index (κ2) is 7.69. The lowest BCUT2D eigenvalue weighted by atomic mass is 10.2. The zero-order chi connectivity index (χ0) is 20.3. The summed E-state index contributed by atoms with van der Waals surface area (Å²) in [5.41, 5.74) is 1.93. The first kappa shape index (κ1) is 19.4. The van der Waals surface area contributed by atoms with Crippen LogP contribution in [0, 0.1) is 13.8 Å². The summed E-state index contributed by atoms with van der Waals surface area (Å²) in [7, 11) is -3.70. The number of aromatic amines is 1. The van der Waals surface area contributed by atoms with Gasteiger partial charge in [0.2, 0.25) is 0 Å². The number of rotatable bonds is 5. The van der Waals surface area contributed by atoms with Gasteiger partial charge in [0.1, 0.15) is 5.56 Å². The molecule has 144 valence electrons. The summed E-state index contributed by atoms with van der Waals surface area (Å²) < 4.78 is 27.3. The number of carbonyl (C=O) groups excluding carboxylic acids is 1. The molecule has 0 atom stereocenters. The van der Waals surface area contributed by atoms with E-state index in [0.717, 1.165) is 5.56 Å². The van der Waals surface area contributed by atoms with Crippen LogP contribution in [0.25, 0.3) is 0 Å². The Morgan fingerprint density at radius 2 is 1.46 bits per heavy atom. The number of hydrogen-bond donors (Lipinski definition) is 3. The maximum absolute atomic E-state index is 12.4. The molecule has 0 bridgehead atoms. The predicted octanol–water partition coefficient (Wildman–Crippen LogP) is 3.04. The topological polar surface area (TPSA) is 108 Å². The summed E-state index contributed by atoms with van der Waals surface area (Å²) in [5.74, 6) is -0.547. The number of sulfonamides is 1. The van der Waals surface area contributed by atoms with Crippen LogP contribution >= 0.6 is 0 Å². The fourth-order valence-electron chi connectivity index (χ4n) is 2.50. The number of amides is 1. The van der Waals surface area contributed by atoms with Crippen molar-refractivity contribution in [2.24, 2.45) is 0 Å². The molecule has 0 aliphatic rings. The first-order valence-electron chi connectivity index (χ1n) is 8.45. The van der Waals surface area contributed by atoms with Crippen molar-refractivity contribution in [3.63, 3.8) is 0 Å². The summed E-state index contributed by atoms with van der Waals surface area (Å²) in [5, 5.41) is 2.61. The molecule has 1 aromatic heterocycles. The Labute approximate surface area is 162 Å². The molecule has 3 aromatic rings. The number of carbonyl (C=O) groups is 1. The molecule has 0 saturated carbocycles. The van der Waals surface area contributed by atoms with Crippen LogP contribution in [0.1, 0.15) is 21.6 Å². The van der Waals surface area contributed by atoms with Gasteiger partial charge in [-0.15, -0.1) is 0 Å². The van der Waals surface area contributed by atoms with Gasteiger partial charge in [0, 0.05) is 17.1 Å². The van der Waals surface area contributed by atoms with E-state index in [1.165, 1.54) is 30.3 Å². The van der Waals surface area contributed by atoms with Gasteiger partial charge >= 0.3 is 0 Å². The highest BCUT2D eigenvalue weighted by Gasteiger charge is 2.14. The van der Waals surface area contributed by atoms with E-state index in [9.17, 15) is 18.0 Å². The van der Waals surface area contributed by atoms with Crippen molar-refractivity contribution in [2.45, 2.75) is 18.7 Å². The van der Waals surface area contributed by atoms with E-state index in [1.807, 2.05) is 6.92 Å². The summed E-state index contributed by atoms with van der Waals surface area (Å²) in [6, 6.07) is 15.8. The van der Waals surface area contributed by atoms with Crippen LogP contribution in [0.2, 0.25) is 0 Å². The fourth-order valence-corrected chi connectivity index (χ4v) is 3.56. The van der Waals surface area contributed by atoms with Gasteiger partial charge < -0.3 is 10.3 Å². The van der Waals surface area contributed by atoms with Gasteiger partial charge in [-0.3, -0.25) is 14.3 Å². The Morgan fingerprint density at radius 3 is 2.07 bits per heavy atom. The standard InChI is InChI=1S/C20H19N3O4S/c1-13-3-10-17(11-4-13)28(26,27)23-16-8-6-15(7-9-16)22-20(25)18-12-5-14(2)21-19(18)24/h3-12,23H,1-2H3,(H,21,24)(H,22,25). The molecule has 2 aromatic carbocycles. The number of aryl methyl sites for hydroxylation is 2. The highest BCUT2D eigenvalue weighted by Crippen LogP contribution is 2.19. The third-order valence-electron chi connectivity index (χ3n) is 4.03. The summed E-state index contributed by atoms with van der Waals surface area (Å²) in [4.78, 5) is 26.8. The number of benzene rings is 2. The van der Waals surface area contributed by atoms with E-state index in [2.05, 4.69) is 15.0 Å². The molecule has 0 unspecified atom stereocenters. The largest absolute Gasteiger partial charge is 0.326 e. The SMILES string of the molecule is Cc1ccc(S(=O)(=O)Nc2ccc(NC(=O)c3ccc(C)[nH]c3=O)cc2)cc1. The van der Waals surface area contributed by atoms with Crippen LogP contribution in [0.15, 0.2) is 70.4 Å². The Bertz CT molecular complexity index is 1170. The second-order valence-corrected chi connectivity index (χ2v) is 8.02. The monoisotopic (exact) mass is 397 g/mol. The lowest BCUT2D eigenvalue weighted by molar-refractivity contribution is 0.102. The number of pyridine rings is 1. The third kappa shape index (κ3) is 4.47. The lowest BCUT2D eigenvalue weighted by Crippen LogP contribution is -2.23. The van der Waals surface area contributed by atoms with Crippen LogP contribution < -0.4 is 15.6 Å². The maximum Gasteiger partial charge on any atom is 0.261 e. The molecule has 0 radical (unpaired) electrons. The smallest absolute Gasteiger partial charge is 0.261 e. The average molecular weight is 397 g/mol. The molecule has 28 heavy (non-hydrogen) atoms. The molecular formula is C20H19N3O4S. The molecule has 0 saturated heterocycles. The van der Waals surface area contributed by atoms with Crippen molar-refractivity contribution < 1.29 is 13.2 Å². The second-order valence-electron chi connectivity index (χ2n) is 6.33. The number of hydrogen-bond acceptors (Lipinski definition) is 4. The van der Waals surface area contributed by atoms with E-state index < -0.39 is 21.5 Å². The van der Waals surface area contributed by atoms with Crippen molar-refractivity contribution >= 4 is 27.3 Å². The quantitative estimate of drug-likeness (QED) is 0.615. The van der Waals surface area contributed by atoms with E-state index in [1.54, 1.807) is 37.3 Å². The molecule has 3 rings (SSSR count). The van der Waals surface area contributed by atoms with Crippen LogP contribution in [0.5, 0.6) is 0 Å². The summed E-state index contributed by atoms with van der Waals surface area (Å²) in [6.07, 6.45) is 0. The molecular weight excluding hydrogens is 378 g/mol. The number of H-pyrrole nitrogens is 1. The van der Waals surface area contributed by atoms with Crippen molar-refractivity contribution in [1.82, 2.24) is 4.98 Å². The zero-order valence-corrected chi connectivity index (χ0v) is 16.1. The number of nitrogens with one attached hydrogen (secondary N) is 3. The van der Waals surface area contributed by atoms with Gasteiger partial charge in [-0.25, -0.2) is 8.42 Å².